The van der Waals surface area contributed by atoms with Gasteiger partial charge >= 0.3 is 5.97 Å². The second kappa shape index (κ2) is 20.6. The van der Waals surface area contributed by atoms with Crippen LogP contribution < -0.4 is 10.6 Å². The van der Waals surface area contributed by atoms with Crippen LogP contribution >= 0.6 is 35.3 Å². The minimum atomic E-state index is -1.06. The number of hydrogen-bond acceptors (Lipinski definition) is 15. The van der Waals surface area contributed by atoms with Gasteiger partial charge in [-0.15, -0.1) is 28.2 Å². The van der Waals surface area contributed by atoms with Gasteiger partial charge in [0, 0.05) is 17.6 Å². The molecule has 2 aliphatic rings. The first-order chi connectivity index (χ1) is 33.3. The zero-order valence-electron chi connectivity index (χ0n) is 36.4. The molecular weight excluding hydrogens is 919 g/mol. The molecule has 2 amide bonds. The van der Waals surface area contributed by atoms with Crippen LogP contribution in [-0.2, 0) is 36.0 Å². The van der Waals surface area contributed by atoms with E-state index in [4.69, 9.17) is 26.8 Å². The van der Waals surface area contributed by atoms with Gasteiger partial charge in [0.2, 0.25) is 0 Å². The van der Waals surface area contributed by atoms with Crippen molar-refractivity contribution in [3.63, 3.8) is 0 Å². The Morgan fingerprint density at radius 2 is 1.43 bits per heavy atom. The second-order valence-electron chi connectivity index (χ2n) is 15.6. The number of fused-ring (bicyclic) bond motifs is 1. The van der Waals surface area contributed by atoms with Crippen LogP contribution in [0.3, 0.4) is 0 Å². The van der Waals surface area contributed by atoms with E-state index in [9.17, 15) is 19.5 Å². The molecule has 68 heavy (non-hydrogen) atoms. The third-order valence-corrected chi connectivity index (χ3v) is 13.9. The summed E-state index contributed by atoms with van der Waals surface area (Å²) >= 11 is 8.45. The van der Waals surface area contributed by atoms with Crippen LogP contribution in [0.4, 0.5) is 5.13 Å². The van der Waals surface area contributed by atoms with Gasteiger partial charge in [-0.3, -0.25) is 14.5 Å². The number of amides is 2. The highest BCUT2D eigenvalue weighted by Gasteiger charge is 2.55. The van der Waals surface area contributed by atoms with Gasteiger partial charge in [-0.05, 0) is 43.8 Å². The molecule has 0 aliphatic carbocycles. The van der Waals surface area contributed by atoms with Gasteiger partial charge in [-0.1, -0.05) is 169 Å². The third-order valence-electron chi connectivity index (χ3n) is 11.5. The molecule has 342 valence electrons. The molecule has 2 unspecified atom stereocenters. The number of tetrazole rings is 1. The third kappa shape index (κ3) is 9.18. The molecule has 2 aromatic heterocycles. The first-order valence-electron chi connectivity index (χ1n) is 21.5. The van der Waals surface area contributed by atoms with Crippen LogP contribution in [0.1, 0.15) is 51.9 Å². The molecule has 15 nitrogen and oxygen atoms in total. The van der Waals surface area contributed by atoms with Gasteiger partial charge in [-0.25, -0.2) is 14.5 Å². The molecule has 9 rings (SSSR count). The molecule has 0 radical (unpaired) electrons. The summed E-state index contributed by atoms with van der Waals surface area (Å²) in [6.45, 7) is -0.110. The number of anilines is 1. The highest BCUT2D eigenvalue weighted by Crippen LogP contribution is 2.44. The minimum Gasteiger partial charge on any atom is -0.448 e. The number of thioether (sulfide) groups is 1. The van der Waals surface area contributed by atoms with E-state index < -0.39 is 40.8 Å². The Labute approximate surface area is 404 Å². The Bertz CT molecular complexity index is 2840. The SMILES string of the molecule is CON=C(C(=O)NC1C(=O)N2C(C(=O)OC(c3ccccc3)c3ccccc3)=C(CC(=S)c3nnnn3CCO)CSC12)c1csc(NC(c2ccccc2)(c2ccccc2)c2ccccc2)n1. The maximum absolute atomic E-state index is 14.7. The number of thiazole rings is 1. The van der Waals surface area contributed by atoms with E-state index in [1.165, 1.54) is 39.8 Å². The number of carbonyl (C=O) groups is 3. The van der Waals surface area contributed by atoms with E-state index in [1.54, 1.807) is 5.38 Å². The Morgan fingerprint density at radius 1 is 0.868 bits per heavy atom. The number of carbonyl (C=O) groups excluding carboxylic acids is 3. The number of aliphatic hydroxyl groups excluding tert-OH is 1. The summed E-state index contributed by atoms with van der Waals surface area (Å²) in [6, 6.07) is 47.7. The van der Waals surface area contributed by atoms with Crippen molar-refractivity contribution in [2.24, 2.45) is 5.16 Å². The number of β-lactam (4-membered cyclic amide) rings is 1. The van der Waals surface area contributed by atoms with Crippen LogP contribution in [0.5, 0.6) is 0 Å². The summed E-state index contributed by atoms with van der Waals surface area (Å²) in [7, 11) is 1.33. The number of thiocarbonyl (C=S) groups is 1. The standard InChI is InChI=1S/C50H43N9O6S3/c1-64-55-40(38-31-68-49(51-38)53-50(35-21-11-4-12-22-35,36-23-13-5-14-24-36)37-25-15-6-16-26-37)45(61)52-41-46(62)59-42(34(30-67-47(41)59)29-39(66)44-54-56-57-58(44)27-28-60)48(63)65-43(32-17-7-2-8-18-32)33-19-9-3-10-20-33/h2-26,31,41,43,47,60H,27-30H2,1H3,(H,51,53)(H,52,61). The molecule has 1 fully saturated rings. The van der Waals surface area contributed by atoms with Gasteiger partial charge in [0.05, 0.1) is 18.0 Å². The maximum Gasteiger partial charge on any atom is 0.356 e. The lowest BCUT2D eigenvalue weighted by molar-refractivity contribution is -0.154. The molecule has 18 heteroatoms. The van der Waals surface area contributed by atoms with E-state index in [0.717, 1.165) is 27.8 Å². The zero-order valence-corrected chi connectivity index (χ0v) is 38.9. The van der Waals surface area contributed by atoms with E-state index in [-0.39, 0.29) is 48.3 Å². The van der Waals surface area contributed by atoms with Crippen LogP contribution in [0.15, 0.2) is 173 Å². The molecule has 2 aliphatic heterocycles. The van der Waals surface area contributed by atoms with Crippen LogP contribution in [-0.4, -0.2) is 94.4 Å². The maximum atomic E-state index is 14.7. The predicted octanol–water partition coefficient (Wildman–Crippen LogP) is 6.67. The molecule has 7 aromatic rings. The van der Waals surface area contributed by atoms with Crippen LogP contribution in [0.25, 0.3) is 0 Å². The van der Waals surface area contributed by atoms with Gasteiger partial charge in [-0.2, -0.15) is 0 Å². The van der Waals surface area contributed by atoms with Crippen molar-refractivity contribution in [1.29, 1.82) is 0 Å². The van der Waals surface area contributed by atoms with Crippen molar-refractivity contribution in [2.75, 3.05) is 24.8 Å². The smallest absolute Gasteiger partial charge is 0.356 e. The fourth-order valence-corrected chi connectivity index (χ4v) is 10.8. The minimum absolute atomic E-state index is 0.0179. The van der Waals surface area contributed by atoms with Crippen LogP contribution in [0, 0.1) is 0 Å². The van der Waals surface area contributed by atoms with Gasteiger partial charge in [0.25, 0.3) is 11.8 Å². The number of aromatic nitrogens is 5. The van der Waals surface area contributed by atoms with Crippen molar-refractivity contribution in [2.45, 2.75) is 36.0 Å². The molecular formula is C50H43N9O6S3. The summed E-state index contributed by atoms with van der Waals surface area (Å²) in [4.78, 5) is 55.1. The summed E-state index contributed by atoms with van der Waals surface area (Å²) < 4.78 is 7.72. The number of nitrogens with zero attached hydrogens (tertiary/aromatic N) is 7. The van der Waals surface area contributed by atoms with E-state index in [0.29, 0.717) is 15.6 Å². The Morgan fingerprint density at radius 3 is 1.97 bits per heavy atom. The topological polar surface area (TPSA) is 186 Å². The van der Waals surface area contributed by atoms with Crippen LogP contribution in [0.2, 0.25) is 0 Å². The summed E-state index contributed by atoms with van der Waals surface area (Å²) in [5.41, 5.74) is 4.08. The zero-order chi connectivity index (χ0) is 47.0. The van der Waals surface area contributed by atoms with Crippen molar-refractivity contribution < 1.29 is 29.1 Å². The molecule has 0 saturated carbocycles. The highest BCUT2D eigenvalue weighted by molar-refractivity contribution is 8.00. The molecule has 2 atom stereocenters. The van der Waals surface area contributed by atoms with Crippen molar-refractivity contribution in [3.8, 4) is 0 Å². The predicted molar refractivity (Wildman–Crippen MR) is 263 cm³/mol. The van der Waals surface area contributed by atoms with E-state index in [2.05, 4.69) is 67.7 Å². The van der Waals surface area contributed by atoms with Gasteiger partial charge < -0.3 is 25.3 Å². The number of aliphatic hydroxyl groups is 1. The molecule has 0 bridgehead atoms. The summed E-state index contributed by atoms with van der Waals surface area (Å²) in [5, 5.41) is 33.5. The van der Waals surface area contributed by atoms with E-state index in [1.807, 2.05) is 115 Å². The number of ether oxygens (including phenoxy) is 1. The number of hydrogen-bond donors (Lipinski definition) is 3. The van der Waals surface area contributed by atoms with E-state index >= 15 is 0 Å². The van der Waals surface area contributed by atoms with Gasteiger partial charge in [0.1, 0.15) is 35.5 Å². The first-order valence-corrected chi connectivity index (χ1v) is 23.8. The van der Waals surface area contributed by atoms with Crippen molar-refractivity contribution in [1.82, 2.24) is 35.4 Å². The molecule has 4 heterocycles. The van der Waals surface area contributed by atoms with Gasteiger partial charge in [0.15, 0.2) is 22.8 Å². The highest BCUT2D eigenvalue weighted by atomic mass is 32.2. The number of benzene rings is 5. The lowest BCUT2D eigenvalue weighted by Crippen LogP contribution is -2.71. The monoisotopic (exact) mass is 961 g/mol. The normalized spacial score (nSPS) is 15.9. The first kappa shape index (κ1) is 45.8. The van der Waals surface area contributed by atoms with Crippen molar-refractivity contribution >= 4 is 68.8 Å². The lowest BCUT2D eigenvalue weighted by atomic mass is 9.77. The Balaban J connectivity index is 0.997. The molecule has 5 aromatic carbocycles. The fraction of sp³-hybridized carbons (Fsp3) is 0.180. The summed E-state index contributed by atoms with van der Waals surface area (Å²) in [6.07, 6.45) is -0.774. The quantitative estimate of drug-likeness (QED) is 0.0158. The largest absolute Gasteiger partial charge is 0.448 e. The number of oxime groups is 1. The Kier molecular flexibility index (Phi) is 13.9. The molecule has 0 spiro atoms. The average molecular weight is 962 g/mol. The van der Waals surface area contributed by atoms with Crippen molar-refractivity contribution in [3.05, 3.63) is 208 Å². The average Bonchev–Trinajstić information content (AvgIpc) is 4.07. The Hall–Kier alpha value is -7.38. The fourth-order valence-electron chi connectivity index (χ4n) is 8.36. The number of rotatable bonds is 18. The lowest BCUT2D eigenvalue weighted by Gasteiger charge is -2.49. The number of nitrogens with one attached hydrogen (secondary N) is 2. The second-order valence-corrected chi connectivity index (χ2v) is 18.1. The number of esters is 1. The molecule has 1 saturated heterocycles. The summed E-state index contributed by atoms with van der Waals surface area (Å²) in [5.74, 6) is -1.49. The molecule has 3 N–H and O–H groups in total.